The van der Waals surface area contributed by atoms with Crippen LogP contribution in [0.3, 0.4) is 0 Å². The first kappa shape index (κ1) is 16.7. The van der Waals surface area contributed by atoms with Crippen molar-refractivity contribution in [3.8, 4) is 11.3 Å². The molecule has 2 aromatic carbocycles. The first-order chi connectivity index (χ1) is 12.7. The second kappa shape index (κ2) is 7.25. The summed E-state index contributed by atoms with van der Waals surface area (Å²) in [6.45, 7) is 0. The van der Waals surface area contributed by atoms with Gasteiger partial charge in [0.05, 0.1) is 5.69 Å². The third kappa shape index (κ3) is 3.75. The lowest BCUT2D eigenvalue weighted by molar-refractivity contribution is -0.122. The Hall–Kier alpha value is -2.73. The van der Waals surface area contributed by atoms with Gasteiger partial charge in [-0.15, -0.1) is 11.3 Å². The highest BCUT2D eigenvalue weighted by molar-refractivity contribution is 7.14. The third-order valence-electron chi connectivity index (χ3n) is 4.48. The Morgan fingerprint density at radius 3 is 2.69 bits per heavy atom. The van der Waals surface area contributed by atoms with Crippen LogP contribution in [-0.2, 0) is 4.79 Å². The molecule has 132 valence electrons. The smallest absolute Gasteiger partial charge is 0.227 e. The van der Waals surface area contributed by atoms with Crippen molar-refractivity contribution in [1.82, 2.24) is 4.98 Å². The van der Waals surface area contributed by atoms with Gasteiger partial charge in [-0.3, -0.25) is 4.79 Å². The molecule has 0 aliphatic heterocycles. The molecule has 0 radical (unpaired) electrons. The molecule has 1 saturated carbocycles. The summed E-state index contributed by atoms with van der Waals surface area (Å²) in [5.74, 6) is -0.0400. The number of benzene rings is 2. The topological polar surface area (TPSA) is 54.0 Å². The van der Waals surface area contributed by atoms with E-state index in [0.29, 0.717) is 10.8 Å². The molecule has 4 nitrogen and oxygen atoms in total. The van der Waals surface area contributed by atoms with Crippen LogP contribution in [0.1, 0.15) is 19.3 Å². The maximum absolute atomic E-state index is 13.3. The van der Waals surface area contributed by atoms with Crippen LogP contribution in [0.15, 0.2) is 53.9 Å². The zero-order chi connectivity index (χ0) is 17.9. The predicted octanol–water partition coefficient (Wildman–Crippen LogP) is 5.43. The molecule has 1 aliphatic rings. The summed E-state index contributed by atoms with van der Waals surface area (Å²) in [4.78, 5) is 16.7. The molecule has 6 heteroatoms. The molecule has 3 aromatic rings. The largest absolute Gasteiger partial charge is 0.331 e. The zero-order valence-corrected chi connectivity index (χ0v) is 14.9. The summed E-state index contributed by atoms with van der Waals surface area (Å²) in [7, 11) is 0. The minimum Gasteiger partial charge on any atom is -0.331 e. The van der Waals surface area contributed by atoms with Crippen LogP contribution in [0, 0.1) is 11.7 Å². The first-order valence-electron chi connectivity index (χ1n) is 8.57. The van der Waals surface area contributed by atoms with Gasteiger partial charge in [0.25, 0.3) is 0 Å². The van der Waals surface area contributed by atoms with Crippen LogP contribution in [0.4, 0.5) is 20.9 Å². The second-order valence-corrected chi connectivity index (χ2v) is 7.23. The van der Waals surface area contributed by atoms with Crippen molar-refractivity contribution in [2.75, 3.05) is 10.6 Å². The van der Waals surface area contributed by atoms with E-state index in [1.165, 1.54) is 23.5 Å². The quantitative estimate of drug-likeness (QED) is 0.632. The van der Waals surface area contributed by atoms with E-state index in [0.717, 1.165) is 36.2 Å². The summed E-state index contributed by atoms with van der Waals surface area (Å²) in [5.41, 5.74) is 3.19. The summed E-state index contributed by atoms with van der Waals surface area (Å²) in [6.07, 6.45) is 3.09. The molecule has 2 N–H and O–H groups in total. The van der Waals surface area contributed by atoms with Crippen molar-refractivity contribution in [1.29, 1.82) is 0 Å². The molecule has 1 amide bonds. The number of halogens is 1. The number of rotatable bonds is 5. The van der Waals surface area contributed by atoms with Gasteiger partial charge >= 0.3 is 0 Å². The predicted molar refractivity (Wildman–Crippen MR) is 103 cm³/mol. The molecule has 26 heavy (non-hydrogen) atoms. The Morgan fingerprint density at radius 1 is 1.12 bits per heavy atom. The molecule has 0 saturated heterocycles. The van der Waals surface area contributed by atoms with Gasteiger partial charge < -0.3 is 10.6 Å². The van der Waals surface area contributed by atoms with Crippen LogP contribution >= 0.6 is 11.3 Å². The van der Waals surface area contributed by atoms with Gasteiger partial charge in [0, 0.05) is 28.2 Å². The Labute approximate surface area is 155 Å². The van der Waals surface area contributed by atoms with E-state index in [-0.39, 0.29) is 17.6 Å². The van der Waals surface area contributed by atoms with Gasteiger partial charge in [-0.2, -0.15) is 0 Å². The maximum Gasteiger partial charge on any atom is 0.227 e. The molecule has 1 aliphatic carbocycles. The molecule has 1 fully saturated rings. The van der Waals surface area contributed by atoms with Gasteiger partial charge in [-0.25, -0.2) is 9.37 Å². The monoisotopic (exact) mass is 367 g/mol. The van der Waals surface area contributed by atoms with Gasteiger partial charge in [-0.05, 0) is 43.2 Å². The molecule has 1 heterocycles. The van der Waals surface area contributed by atoms with Crippen LogP contribution in [0.5, 0.6) is 0 Å². The molecular weight excluding hydrogens is 349 g/mol. The highest BCUT2D eigenvalue weighted by Crippen LogP contribution is 2.30. The van der Waals surface area contributed by atoms with Gasteiger partial charge in [-0.1, -0.05) is 24.6 Å². The highest BCUT2D eigenvalue weighted by Gasteiger charge is 2.25. The Morgan fingerprint density at radius 2 is 1.92 bits per heavy atom. The lowest BCUT2D eigenvalue weighted by Crippen LogP contribution is -2.27. The summed E-state index contributed by atoms with van der Waals surface area (Å²) >= 11 is 1.45. The Bertz CT molecular complexity index is 936. The fourth-order valence-corrected chi connectivity index (χ4v) is 3.56. The van der Waals surface area contributed by atoms with Crippen molar-refractivity contribution in [2.24, 2.45) is 5.92 Å². The molecule has 0 spiro atoms. The number of amides is 1. The second-order valence-electron chi connectivity index (χ2n) is 6.37. The number of hydrogen-bond donors (Lipinski definition) is 2. The highest BCUT2D eigenvalue weighted by atomic mass is 32.1. The van der Waals surface area contributed by atoms with E-state index < -0.39 is 0 Å². The van der Waals surface area contributed by atoms with E-state index in [9.17, 15) is 9.18 Å². The van der Waals surface area contributed by atoms with Crippen molar-refractivity contribution < 1.29 is 9.18 Å². The fraction of sp³-hybridized carbons (Fsp3) is 0.200. The van der Waals surface area contributed by atoms with E-state index >= 15 is 0 Å². The number of hydrogen-bond acceptors (Lipinski definition) is 4. The molecule has 0 atom stereocenters. The summed E-state index contributed by atoms with van der Waals surface area (Å²) < 4.78 is 13.3. The molecular formula is C20H18FN3OS. The minimum absolute atomic E-state index is 0.0973. The number of nitrogens with zero attached hydrogens (tertiary/aromatic N) is 1. The van der Waals surface area contributed by atoms with Crippen LogP contribution < -0.4 is 10.6 Å². The molecule has 1 aromatic heterocycles. The zero-order valence-electron chi connectivity index (χ0n) is 14.0. The number of carbonyl (C=O) groups is 1. The Kier molecular flexibility index (Phi) is 4.67. The van der Waals surface area contributed by atoms with Gasteiger partial charge in [0.2, 0.25) is 5.91 Å². The van der Waals surface area contributed by atoms with E-state index in [1.807, 2.05) is 29.6 Å². The van der Waals surface area contributed by atoms with Crippen LogP contribution in [-0.4, -0.2) is 10.9 Å². The lowest BCUT2D eigenvalue weighted by atomic mass is 9.85. The van der Waals surface area contributed by atoms with E-state index in [2.05, 4.69) is 15.6 Å². The van der Waals surface area contributed by atoms with Crippen LogP contribution in [0.25, 0.3) is 11.3 Å². The molecule has 0 unspecified atom stereocenters. The van der Waals surface area contributed by atoms with Crippen molar-refractivity contribution in [3.63, 3.8) is 0 Å². The minimum atomic E-state index is -0.290. The average Bonchev–Trinajstić information content (AvgIpc) is 3.02. The summed E-state index contributed by atoms with van der Waals surface area (Å²) in [6, 6.07) is 14.0. The molecule has 4 rings (SSSR count). The number of anilines is 3. The number of carbonyl (C=O) groups excluding carboxylic acids is 1. The standard InChI is InChI=1S/C20H18FN3OS/c21-15-7-3-9-17(11-15)23-20-24-18(12-26-20)14-6-2-8-16(10-14)22-19(25)13-4-1-5-13/h2-3,6-13H,1,4-5H2,(H,22,25)(H,23,24). The van der Waals surface area contributed by atoms with Crippen molar-refractivity contribution in [3.05, 3.63) is 59.7 Å². The van der Waals surface area contributed by atoms with Gasteiger partial charge in [0.15, 0.2) is 5.13 Å². The first-order valence-corrected chi connectivity index (χ1v) is 9.45. The van der Waals surface area contributed by atoms with Crippen molar-refractivity contribution >= 4 is 33.8 Å². The summed E-state index contributed by atoms with van der Waals surface area (Å²) in [5, 5.41) is 8.72. The average molecular weight is 367 g/mol. The number of nitrogens with one attached hydrogen (secondary N) is 2. The Balaban J connectivity index is 1.48. The number of aromatic nitrogens is 1. The lowest BCUT2D eigenvalue weighted by Gasteiger charge is -2.24. The van der Waals surface area contributed by atoms with E-state index in [1.54, 1.807) is 12.1 Å². The third-order valence-corrected chi connectivity index (χ3v) is 5.24. The molecule has 0 bridgehead atoms. The fourth-order valence-electron chi connectivity index (χ4n) is 2.82. The maximum atomic E-state index is 13.3. The SMILES string of the molecule is O=C(Nc1cccc(-c2csc(Nc3cccc(F)c3)n2)c1)C1CCC1. The van der Waals surface area contributed by atoms with Gasteiger partial charge in [0.1, 0.15) is 5.82 Å². The normalized spacial score (nSPS) is 13.9. The number of thiazole rings is 1. The van der Waals surface area contributed by atoms with Crippen LogP contribution in [0.2, 0.25) is 0 Å². The van der Waals surface area contributed by atoms with Crippen molar-refractivity contribution in [2.45, 2.75) is 19.3 Å². The van der Waals surface area contributed by atoms with E-state index in [4.69, 9.17) is 0 Å².